The lowest BCUT2D eigenvalue weighted by Gasteiger charge is -2.55. The summed E-state index contributed by atoms with van der Waals surface area (Å²) in [6.45, 7) is 0. The molecule has 5 rings (SSSR count). The fourth-order valence-corrected chi connectivity index (χ4v) is 5.09. The van der Waals surface area contributed by atoms with Gasteiger partial charge in [-0.05, 0) is 36.6 Å². The van der Waals surface area contributed by atoms with E-state index in [0.29, 0.717) is 5.69 Å². The third-order valence-corrected chi connectivity index (χ3v) is 6.22. The minimum atomic E-state index is -0.758. The summed E-state index contributed by atoms with van der Waals surface area (Å²) in [5.74, 6) is -0.497. The van der Waals surface area contributed by atoms with Crippen molar-refractivity contribution in [2.75, 3.05) is 5.32 Å². The molecule has 4 atom stereocenters. The molecule has 1 saturated heterocycles. The van der Waals surface area contributed by atoms with Crippen molar-refractivity contribution in [1.29, 1.82) is 0 Å². The van der Waals surface area contributed by atoms with Crippen LogP contribution in [-0.2, 0) is 9.59 Å². The Morgan fingerprint density at radius 1 is 1.07 bits per heavy atom. The topological polar surface area (TPSA) is 67.4 Å². The van der Waals surface area contributed by atoms with Crippen LogP contribution in [0.5, 0.6) is 5.75 Å². The number of hydrogen-bond acceptors (Lipinski definition) is 3. The van der Waals surface area contributed by atoms with Crippen LogP contribution >= 0.6 is 0 Å². The van der Waals surface area contributed by atoms with Gasteiger partial charge in [0.1, 0.15) is 11.7 Å². The monoisotopic (exact) mass is 362 g/mol. The van der Waals surface area contributed by atoms with Crippen molar-refractivity contribution in [2.45, 2.75) is 37.3 Å². The lowest BCUT2D eigenvalue weighted by Crippen LogP contribution is -2.69. The van der Waals surface area contributed by atoms with Crippen LogP contribution in [0.3, 0.4) is 0 Å². The molecule has 3 aliphatic rings. The van der Waals surface area contributed by atoms with Gasteiger partial charge in [0.2, 0.25) is 11.8 Å². The molecule has 0 spiro atoms. The van der Waals surface area contributed by atoms with Crippen LogP contribution in [0.1, 0.15) is 37.2 Å². The summed E-state index contributed by atoms with van der Waals surface area (Å²) in [4.78, 5) is 26.2. The van der Waals surface area contributed by atoms with Crippen molar-refractivity contribution >= 4 is 17.5 Å². The van der Waals surface area contributed by atoms with Gasteiger partial charge in [0.05, 0.1) is 0 Å². The summed E-state index contributed by atoms with van der Waals surface area (Å²) >= 11 is 0. The van der Waals surface area contributed by atoms with Crippen LogP contribution in [0.15, 0.2) is 54.6 Å². The number of carbonyl (C=O) groups excluding carboxylic acids is 2. The maximum absolute atomic E-state index is 13.1. The number of fused-ring (bicyclic) bond motifs is 2. The normalized spacial score (nSPS) is 31.0. The fourth-order valence-electron chi connectivity index (χ4n) is 5.09. The number of piperidine rings is 1. The summed E-state index contributed by atoms with van der Waals surface area (Å²) < 4.78 is 6.35. The van der Waals surface area contributed by atoms with Crippen LogP contribution in [-0.4, -0.2) is 17.5 Å². The van der Waals surface area contributed by atoms with Gasteiger partial charge < -0.3 is 15.4 Å². The molecule has 2 aliphatic heterocycles. The first-order chi connectivity index (χ1) is 13.2. The van der Waals surface area contributed by atoms with E-state index in [1.807, 2.05) is 54.6 Å². The molecule has 2 amide bonds. The molecule has 27 heavy (non-hydrogen) atoms. The molecular weight excluding hydrogens is 340 g/mol. The van der Waals surface area contributed by atoms with Crippen molar-refractivity contribution in [1.82, 2.24) is 5.32 Å². The van der Waals surface area contributed by atoms with Gasteiger partial charge in [-0.1, -0.05) is 42.8 Å². The number of amides is 2. The lowest BCUT2D eigenvalue weighted by molar-refractivity contribution is -0.160. The average molecular weight is 362 g/mol. The fraction of sp³-hybridized carbons (Fsp3) is 0.364. The summed E-state index contributed by atoms with van der Waals surface area (Å²) in [5.41, 5.74) is 1.01. The van der Waals surface area contributed by atoms with E-state index in [1.165, 1.54) is 0 Å². The van der Waals surface area contributed by atoms with Crippen molar-refractivity contribution in [2.24, 2.45) is 11.8 Å². The van der Waals surface area contributed by atoms with E-state index in [9.17, 15) is 9.59 Å². The maximum Gasteiger partial charge on any atom is 0.237 e. The summed E-state index contributed by atoms with van der Waals surface area (Å²) in [5, 5.41) is 6.03. The molecule has 2 N–H and O–H groups in total. The molecule has 1 aliphatic carbocycles. The van der Waals surface area contributed by atoms with E-state index < -0.39 is 11.6 Å². The second-order valence-electron chi connectivity index (χ2n) is 7.73. The van der Waals surface area contributed by atoms with E-state index in [2.05, 4.69) is 10.6 Å². The predicted octanol–water partition coefficient (Wildman–Crippen LogP) is 3.43. The Balaban J connectivity index is 1.57. The highest BCUT2D eigenvalue weighted by Gasteiger charge is 2.60. The van der Waals surface area contributed by atoms with Crippen molar-refractivity contribution < 1.29 is 14.3 Å². The number of anilines is 1. The molecule has 138 valence electrons. The first kappa shape index (κ1) is 16.4. The molecule has 2 aromatic carbocycles. The van der Waals surface area contributed by atoms with Crippen LogP contribution in [0.2, 0.25) is 0 Å². The zero-order chi connectivity index (χ0) is 18.4. The van der Waals surface area contributed by atoms with Gasteiger partial charge in [-0.15, -0.1) is 0 Å². The number of hydrogen-bond donors (Lipinski definition) is 2. The quantitative estimate of drug-likeness (QED) is 0.805. The molecule has 5 heteroatoms. The number of nitrogens with one attached hydrogen (secondary N) is 2. The summed E-state index contributed by atoms with van der Waals surface area (Å²) in [6, 6.07) is 17.1. The Morgan fingerprint density at radius 2 is 1.85 bits per heavy atom. The van der Waals surface area contributed by atoms with Gasteiger partial charge in [-0.3, -0.25) is 9.59 Å². The molecule has 0 aromatic heterocycles. The highest BCUT2D eigenvalue weighted by atomic mass is 16.5. The van der Waals surface area contributed by atoms with Crippen molar-refractivity contribution in [3.05, 3.63) is 60.2 Å². The molecule has 2 fully saturated rings. The van der Waals surface area contributed by atoms with E-state index >= 15 is 0 Å². The van der Waals surface area contributed by atoms with Gasteiger partial charge in [-0.25, -0.2) is 0 Å². The molecule has 2 bridgehead atoms. The molecular formula is C22H22N2O3. The SMILES string of the molecule is O=C(Nc1ccccc1)[C@H]1C(=O)N[C@@]23CCCC[C@@H]2[C@H]1c1ccccc1O3. The van der Waals surface area contributed by atoms with Crippen LogP contribution in [0, 0.1) is 11.8 Å². The third kappa shape index (κ3) is 2.52. The number of rotatable bonds is 2. The number of para-hydroxylation sites is 2. The Labute approximate surface area is 158 Å². The third-order valence-electron chi connectivity index (χ3n) is 6.22. The highest BCUT2D eigenvalue weighted by Crippen LogP contribution is 2.55. The molecule has 1 saturated carbocycles. The smallest absolute Gasteiger partial charge is 0.237 e. The number of benzene rings is 2. The predicted molar refractivity (Wildman–Crippen MR) is 101 cm³/mol. The molecule has 0 unspecified atom stereocenters. The zero-order valence-electron chi connectivity index (χ0n) is 15.0. The summed E-state index contributed by atoms with van der Waals surface area (Å²) in [7, 11) is 0. The van der Waals surface area contributed by atoms with Crippen molar-refractivity contribution in [3.63, 3.8) is 0 Å². The number of ether oxygens (including phenoxy) is 1. The minimum absolute atomic E-state index is 0.116. The van der Waals surface area contributed by atoms with Gasteiger partial charge in [0, 0.05) is 23.9 Å². The Hall–Kier alpha value is -2.82. The van der Waals surface area contributed by atoms with Crippen LogP contribution < -0.4 is 15.4 Å². The average Bonchev–Trinajstić information content (AvgIpc) is 2.67. The Kier molecular flexibility index (Phi) is 3.71. The van der Waals surface area contributed by atoms with Gasteiger partial charge in [0.15, 0.2) is 5.72 Å². The Bertz CT molecular complexity index is 897. The Morgan fingerprint density at radius 3 is 2.70 bits per heavy atom. The lowest BCUT2D eigenvalue weighted by atomic mass is 9.62. The minimum Gasteiger partial charge on any atom is -0.467 e. The molecule has 2 aromatic rings. The largest absolute Gasteiger partial charge is 0.467 e. The van der Waals surface area contributed by atoms with Crippen LogP contribution in [0.4, 0.5) is 5.69 Å². The maximum atomic E-state index is 13.1. The second-order valence-corrected chi connectivity index (χ2v) is 7.73. The van der Waals surface area contributed by atoms with E-state index in [0.717, 1.165) is 37.0 Å². The standard InChI is InChI=1S/C22H22N2O3/c25-20(23-14-8-2-1-3-9-14)19-18-15-10-4-5-12-17(15)27-22(24-21(19)26)13-7-6-11-16(18)22/h1-5,8-10,12,16,18-19H,6-7,11,13H2,(H,23,25)(H,24,26)/t16-,18-,19+,22-/m1/s1. The second kappa shape index (κ2) is 6.12. The van der Waals surface area contributed by atoms with Crippen LogP contribution in [0.25, 0.3) is 0 Å². The first-order valence-corrected chi connectivity index (χ1v) is 9.64. The number of carbonyl (C=O) groups is 2. The molecule has 5 nitrogen and oxygen atoms in total. The van der Waals surface area contributed by atoms with E-state index in [1.54, 1.807) is 0 Å². The van der Waals surface area contributed by atoms with Gasteiger partial charge in [0.25, 0.3) is 0 Å². The summed E-state index contributed by atoms with van der Waals surface area (Å²) in [6.07, 6.45) is 3.86. The zero-order valence-corrected chi connectivity index (χ0v) is 15.0. The molecule has 2 heterocycles. The highest BCUT2D eigenvalue weighted by molar-refractivity contribution is 6.08. The molecule has 0 radical (unpaired) electrons. The van der Waals surface area contributed by atoms with E-state index in [4.69, 9.17) is 4.74 Å². The van der Waals surface area contributed by atoms with E-state index in [-0.39, 0.29) is 23.7 Å². The van der Waals surface area contributed by atoms with Gasteiger partial charge >= 0.3 is 0 Å². The first-order valence-electron chi connectivity index (χ1n) is 9.64. The van der Waals surface area contributed by atoms with Gasteiger partial charge in [-0.2, -0.15) is 0 Å². The van der Waals surface area contributed by atoms with Crippen molar-refractivity contribution in [3.8, 4) is 5.75 Å².